The summed E-state index contributed by atoms with van der Waals surface area (Å²) in [6.45, 7) is 2.24. The van der Waals surface area contributed by atoms with Crippen LogP contribution >= 0.6 is 15.9 Å². The molecular weight excluding hydrogens is 282 g/mol. The van der Waals surface area contributed by atoms with Gasteiger partial charge in [-0.2, -0.15) is 0 Å². The molecule has 1 aromatic carbocycles. The number of esters is 1. The number of benzene rings is 1. The second-order valence-corrected chi connectivity index (χ2v) is 4.85. The van der Waals surface area contributed by atoms with E-state index in [1.807, 2.05) is 24.3 Å². The lowest BCUT2D eigenvalue weighted by Gasteiger charge is -2.11. The van der Waals surface area contributed by atoms with Crippen LogP contribution in [-0.2, 0) is 16.0 Å². The Balaban J connectivity index is 2.31. The van der Waals surface area contributed by atoms with Crippen LogP contribution < -0.4 is 5.73 Å². The molecule has 17 heavy (non-hydrogen) atoms. The zero-order chi connectivity index (χ0) is 12.7. The van der Waals surface area contributed by atoms with E-state index in [-0.39, 0.29) is 12.0 Å². The van der Waals surface area contributed by atoms with Gasteiger partial charge in [-0.1, -0.05) is 28.1 Å². The fourth-order valence-electron chi connectivity index (χ4n) is 1.56. The SMILES string of the molecule is CCOC(=O)CCC(N)Cc1ccc(Br)cc1. The van der Waals surface area contributed by atoms with Crippen molar-refractivity contribution in [2.45, 2.75) is 32.2 Å². The number of rotatable bonds is 6. The van der Waals surface area contributed by atoms with Crippen molar-refractivity contribution in [1.82, 2.24) is 0 Å². The van der Waals surface area contributed by atoms with Crippen LogP contribution in [0.3, 0.4) is 0 Å². The fourth-order valence-corrected chi connectivity index (χ4v) is 1.83. The molecule has 0 bridgehead atoms. The molecule has 0 aliphatic carbocycles. The van der Waals surface area contributed by atoms with Gasteiger partial charge in [-0.05, 0) is 37.5 Å². The van der Waals surface area contributed by atoms with Crippen LogP contribution in [0.1, 0.15) is 25.3 Å². The highest BCUT2D eigenvalue weighted by molar-refractivity contribution is 9.10. The quantitative estimate of drug-likeness (QED) is 0.822. The molecule has 0 fully saturated rings. The van der Waals surface area contributed by atoms with Crippen molar-refractivity contribution >= 4 is 21.9 Å². The van der Waals surface area contributed by atoms with Crippen LogP contribution in [0.25, 0.3) is 0 Å². The molecule has 0 saturated heterocycles. The molecule has 0 aromatic heterocycles. The van der Waals surface area contributed by atoms with Gasteiger partial charge < -0.3 is 10.5 Å². The van der Waals surface area contributed by atoms with E-state index >= 15 is 0 Å². The predicted molar refractivity (Wildman–Crippen MR) is 71.7 cm³/mol. The van der Waals surface area contributed by atoms with Crippen LogP contribution in [0.2, 0.25) is 0 Å². The maximum Gasteiger partial charge on any atom is 0.305 e. The molecule has 0 aliphatic rings. The molecule has 3 nitrogen and oxygen atoms in total. The Bertz CT molecular complexity index is 351. The van der Waals surface area contributed by atoms with E-state index in [0.717, 1.165) is 10.9 Å². The molecular formula is C13H18BrNO2. The topological polar surface area (TPSA) is 52.3 Å². The Morgan fingerprint density at radius 1 is 1.41 bits per heavy atom. The molecule has 1 rings (SSSR count). The van der Waals surface area contributed by atoms with Crippen molar-refractivity contribution in [2.24, 2.45) is 5.73 Å². The number of hydrogen-bond acceptors (Lipinski definition) is 3. The zero-order valence-electron chi connectivity index (χ0n) is 9.99. The van der Waals surface area contributed by atoms with E-state index in [0.29, 0.717) is 19.4 Å². The molecule has 1 aromatic rings. The summed E-state index contributed by atoms with van der Waals surface area (Å²) < 4.78 is 5.91. The third-order valence-corrected chi connectivity index (χ3v) is 2.96. The Kier molecular flexibility index (Phi) is 6.22. The molecule has 0 saturated carbocycles. The van der Waals surface area contributed by atoms with Gasteiger partial charge in [0.05, 0.1) is 6.61 Å². The number of halogens is 1. The lowest BCUT2D eigenvalue weighted by molar-refractivity contribution is -0.143. The molecule has 0 spiro atoms. The highest BCUT2D eigenvalue weighted by Gasteiger charge is 2.08. The summed E-state index contributed by atoms with van der Waals surface area (Å²) in [4.78, 5) is 11.2. The second-order valence-electron chi connectivity index (χ2n) is 3.93. The largest absolute Gasteiger partial charge is 0.466 e. The van der Waals surface area contributed by atoms with Crippen molar-refractivity contribution in [3.63, 3.8) is 0 Å². The van der Waals surface area contributed by atoms with E-state index in [1.165, 1.54) is 5.56 Å². The molecule has 2 N–H and O–H groups in total. The monoisotopic (exact) mass is 299 g/mol. The zero-order valence-corrected chi connectivity index (χ0v) is 11.6. The minimum Gasteiger partial charge on any atom is -0.466 e. The first-order chi connectivity index (χ1) is 8.11. The summed E-state index contributed by atoms with van der Waals surface area (Å²) >= 11 is 3.39. The highest BCUT2D eigenvalue weighted by Crippen LogP contribution is 2.12. The predicted octanol–water partition coefficient (Wildman–Crippen LogP) is 2.66. The van der Waals surface area contributed by atoms with Crippen molar-refractivity contribution in [2.75, 3.05) is 6.61 Å². The van der Waals surface area contributed by atoms with Crippen LogP contribution in [0.5, 0.6) is 0 Å². The van der Waals surface area contributed by atoms with Gasteiger partial charge >= 0.3 is 5.97 Å². The van der Waals surface area contributed by atoms with Gasteiger partial charge in [-0.25, -0.2) is 0 Å². The van der Waals surface area contributed by atoms with Gasteiger partial charge in [0.2, 0.25) is 0 Å². The summed E-state index contributed by atoms with van der Waals surface area (Å²) in [5.41, 5.74) is 7.15. The van der Waals surface area contributed by atoms with Gasteiger partial charge in [0.25, 0.3) is 0 Å². The third-order valence-electron chi connectivity index (χ3n) is 2.44. The van der Waals surface area contributed by atoms with Crippen molar-refractivity contribution < 1.29 is 9.53 Å². The summed E-state index contributed by atoms with van der Waals surface area (Å²) in [6, 6.07) is 8.06. The third kappa shape index (κ3) is 5.84. The fraction of sp³-hybridized carbons (Fsp3) is 0.462. The van der Waals surface area contributed by atoms with E-state index in [1.54, 1.807) is 6.92 Å². The minimum atomic E-state index is -0.168. The van der Waals surface area contributed by atoms with E-state index in [4.69, 9.17) is 10.5 Å². The van der Waals surface area contributed by atoms with Gasteiger partial charge in [-0.3, -0.25) is 4.79 Å². The number of nitrogens with two attached hydrogens (primary N) is 1. The Hall–Kier alpha value is -0.870. The van der Waals surface area contributed by atoms with Gasteiger partial charge in [0, 0.05) is 16.9 Å². The smallest absolute Gasteiger partial charge is 0.305 e. The van der Waals surface area contributed by atoms with Crippen LogP contribution in [0.15, 0.2) is 28.7 Å². The summed E-state index contributed by atoms with van der Waals surface area (Å²) in [5, 5.41) is 0. The standard InChI is InChI=1S/C13H18BrNO2/c1-2-17-13(16)8-7-12(15)9-10-3-5-11(14)6-4-10/h3-6,12H,2,7-9,15H2,1H3. The summed E-state index contributed by atoms with van der Waals surface area (Å²) in [7, 11) is 0. The molecule has 0 radical (unpaired) electrons. The van der Waals surface area contributed by atoms with E-state index < -0.39 is 0 Å². The Labute approximate surface area is 110 Å². The van der Waals surface area contributed by atoms with Gasteiger partial charge in [-0.15, -0.1) is 0 Å². The summed E-state index contributed by atoms with van der Waals surface area (Å²) in [6.07, 6.45) is 1.84. The molecule has 1 unspecified atom stereocenters. The lowest BCUT2D eigenvalue weighted by atomic mass is 10.0. The normalized spacial score (nSPS) is 12.2. The van der Waals surface area contributed by atoms with Crippen LogP contribution in [0, 0.1) is 0 Å². The van der Waals surface area contributed by atoms with Crippen LogP contribution in [0.4, 0.5) is 0 Å². The lowest BCUT2D eigenvalue weighted by Crippen LogP contribution is -2.24. The molecule has 4 heteroatoms. The molecule has 1 atom stereocenters. The maximum atomic E-state index is 11.2. The number of ether oxygens (including phenoxy) is 1. The minimum absolute atomic E-state index is 0.000539. The van der Waals surface area contributed by atoms with Crippen molar-refractivity contribution in [3.05, 3.63) is 34.3 Å². The van der Waals surface area contributed by atoms with Crippen molar-refractivity contribution in [1.29, 1.82) is 0 Å². The molecule has 0 amide bonds. The number of hydrogen-bond donors (Lipinski definition) is 1. The first kappa shape index (κ1) is 14.2. The van der Waals surface area contributed by atoms with Crippen LogP contribution in [-0.4, -0.2) is 18.6 Å². The van der Waals surface area contributed by atoms with Crippen molar-refractivity contribution in [3.8, 4) is 0 Å². The maximum absolute atomic E-state index is 11.2. The Morgan fingerprint density at radius 3 is 2.65 bits per heavy atom. The summed E-state index contributed by atoms with van der Waals surface area (Å²) in [5.74, 6) is -0.168. The molecule has 0 aliphatic heterocycles. The molecule has 0 heterocycles. The average Bonchev–Trinajstić information content (AvgIpc) is 2.30. The van der Waals surface area contributed by atoms with E-state index in [9.17, 15) is 4.79 Å². The molecule has 94 valence electrons. The average molecular weight is 300 g/mol. The first-order valence-electron chi connectivity index (χ1n) is 5.77. The Morgan fingerprint density at radius 2 is 2.06 bits per heavy atom. The van der Waals surface area contributed by atoms with Gasteiger partial charge in [0.1, 0.15) is 0 Å². The second kappa shape index (κ2) is 7.45. The van der Waals surface area contributed by atoms with Gasteiger partial charge in [0.15, 0.2) is 0 Å². The number of carbonyl (C=O) groups is 1. The van der Waals surface area contributed by atoms with E-state index in [2.05, 4.69) is 15.9 Å². The highest BCUT2D eigenvalue weighted by atomic mass is 79.9. The number of carbonyl (C=O) groups excluding carboxylic acids is 1. The first-order valence-corrected chi connectivity index (χ1v) is 6.56.